The van der Waals surface area contributed by atoms with Crippen molar-refractivity contribution < 1.29 is 13.3 Å². The second kappa shape index (κ2) is 4.79. The lowest BCUT2D eigenvalue weighted by atomic mass is 10.3. The van der Waals surface area contributed by atoms with Crippen LogP contribution in [0.4, 0.5) is 14.5 Å². The molecule has 17 heavy (non-hydrogen) atoms. The third-order valence-corrected chi connectivity index (χ3v) is 2.62. The van der Waals surface area contributed by atoms with Crippen LogP contribution in [0.25, 0.3) is 0 Å². The van der Waals surface area contributed by atoms with Crippen LogP contribution >= 0.6 is 15.9 Å². The highest BCUT2D eigenvalue weighted by molar-refractivity contribution is 9.10. The van der Waals surface area contributed by atoms with E-state index in [1.165, 1.54) is 6.07 Å². The molecule has 4 nitrogen and oxygen atoms in total. The van der Waals surface area contributed by atoms with Crippen molar-refractivity contribution in [3.05, 3.63) is 40.0 Å². The van der Waals surface area contributed by atoms with E-state index >= 15 is 0 Å². The number of nitrogens with one attached hydrogen (secondary N) is 1. The maximum atomic E-state index is 13.4. The molecule has 90 valence electrons. The Morgan fingerprint density at radius 2 is 2.12 bits per heavy atom. The van der Waals surface area contributed by atoms with Crippen LogP contribution < -0.4 is 5.32 Å². The Kier molecular flexibility index (Phi) is 3.37. The second-order valence-corrected chi connectivity index (χ2v) is 4.18. The molecule has 0 radical (unpaired) electrons. The topological polar surface area (TPSA) is 51.0 Å². The Morgan fingerprint density at radius 1 is 1.35 bits per heavy atom. The summed E-state index contributed by atoms with van der Waals surface area (Å²) < 4.78 is 31.3. The summed E-state index contributed by atoms with van der Waals surface area (Å²) in [5.74, 6) is -0.487. The van der Waals surface area contributed by atoms with Crippen LogP contribution in [0.15, 0.2) is 21.1 Å². The SMILES string of the molecule is Cc1nc(CNc2cc(Br)c(F)cc2F)no1. The first-order valence-corrected chi connectivity index (χ1v) is 5.53. The zero-order valence-electron chi connectivity index (χ0n) is 8.80. The average Bonchev–Trinajstić information content (AvgIpc) is 2.68. The number of aromatic nitrogens is 2. The van der Waals surface area contributed by atoms with E-state index in [1.54, 1.807) is 6.92 Å². The van der Waals surface area contributed by atoms with Crippen LogP contribution in [0, 0.1) is 18.6 Å². The summed E-state index contributed by atoms with van der Waals surface area (Å²) in [7, 11) is 0. The molecule has 7 heteroatoms. The van der Waals surface area contributed by atoms with Gasteiger partial charge in [-0.15, -0.1) is 0 Å². The van der Waals surface area contributed by atoms with Crippen LogP contribution in [-0.2, 0) is 6.54 Å². The van der Waals surface area contributed by atoms with Crippen molar-refractivity contribution in [3.63, 3.8) is 0 Å². The van der Waals surface area contributed by atoms with E-state index in [9.17, 15) is 8.78 Å². The Labute approximate surface area is 104 Å². The fraction of sp³-hybridized carbons (Fsp3) is 0.200. The molecule has 2 aromatic rings. The van der Waals surface area contributed by atoms with E-state index < -0.39 is 11.6 Å². The lowest BCUT2D eigenvalue weighted by Crippen LogP contribution is -2.03. The van der Waals surface area contributed by atoms with Crippen LogP contribution in [0.5, 0.6) is 0 Å². The molecule has 0 bridgehead atoms. The van der Waals surface area contributed by atoms with E-state index in [2.05, 4.69) is 31.4 Å². The molecule has 1 aromatic carbocycles. The van der Waals surface area contributed by atoms with Crippen molar-refractivity contribution in [1.82, 2.24) is 10.1 Å². The molecule has 1 N–H and O–H groups in total. The Hall–Kier alpha value is -1.50. The smallest absolute Gasteiger partial charge is 0.223 e. The van der Waals surface area contributed by atoms with Crippen molar-refractivity contribution in [2.24, 2.45) is 0 Å². The molecule has 0 aliphatic rings. The number of hydrogen-bond acceptors (Lipinski definition) is 4. The first-order valence-electron chi connectivity index (χ1n) is 4.74. The summed E-state index contributed by atoms with van der Waals surface area (Å²) in [6.45, 7) is 1.86. The normalized spacial score (nSPS) is 10.6. The summed E-state index contributed by atoms with van der Waals surface area (Å²) in [5.41, 5.74) is 0.167. The van der Waals surface area contributed by atoms with Crippen LogP contribution in [0.1, 0.15) is 11.7 Å². The molecule has 0 fully saturated rings. The van der Waals surface area contributed by atoms with Crippen molar-refractivity contribution in [1.29, 1.82) is 0 Å². The number of aryl methyl sites for hydroxylation is 1. The highest BCUT2D eigenvalue weighted by atomic mass is 79.9. The van der Waals surface area contributed by atoms with Gasteiger partial charge >= 0.3 is 0 Å². The molecular formula is C10H8BrF2N3O. The second-order valence-electron chi connectivity index (χ2n) is 3.33. The van der Waals surface area contributed by atoms with Crippen LogP contribution in [0.2, 0.25) is 0 Å². The number of benzene rings is 1. The summed E-state index contributed by atoms with van der Waals surface area (Å²) in [5, 5.41) is 6.40. The van der Waals surface area contributed by atoms with E-state index in [-0.39, 0.29) is 16.7 Å². The molecule has 0 aliphatic carbocycles. The Balaban J connectivity index is 2.11. The fourth-order valence-electron chi connectivity index (χ4n) is 1.25. The molecule has 0 saturated carbocycles. The number of anilines is 1. The number of halogens is 3. The van der Waals surface area contributed by atoms with Gasteiger partial charge in [0.15, 0.2) is 5.82 Å². The molecule has 0 atom stereocenters. The van der Waals surface area contributed by atoms with Gasteiger partial charge in [-0.05, 0) is 22.0 Å². The van der Waals surface area contributed by atoms with Gasteiger partial charge < -0.3 is 9.84 Å². The predicted molar refractivity (Wildman–Crippen MR) is 60.4 cm³/mol. The lowest BCUT2D eigenvalue weighted by molar-refractivity contribution is 0.388. The van der Waals surface area contributed by atoms with Gasteiger partial charge in [0.25, 0.3) is 0 Å². The Bertz CT molecular complexity index is 544. The minimum atomic E-state index is -0.675. The monoisotopic (exact) mass is 303 g/mol. The van der Waals surface area contributed by atoms with E-state index in [0.29, 0.717) is 11.7 Å². The van der Waals surface area contributed by atoms with E-state index in [4.69, 9.17) is 4.52 Å². The van der Waals surface area contributed by atoms with Gasteiger partial charge in [-0.1, -0.05) is 5.16 Å². The van der Waals surface area contributed by atoms with Crippen molar-refractivity contribution in [2.75, 3.05) is 5.32 Å². The quantitative estimate of drug-likeness (QED) is 0.886. The zero-order chi connectivity index (χ0) is 12.4. The molecule has 1 heterocycles. The molecular weight excluding hydrogens is 296 g/mol. The minimum absolute atomic E-state index is 0.167. The van der Waals surface area contributed by atoms with Gasteiger partial charge in [0.2, 0.25) is 5.89 Å². The van der Waals surface area contributed by atoms with Gasteiger partial charge in [-0.3, -0.25) is 0 Å². The summed E-state index contributed by atoms with van der Waals surface area (Å²) in [6.07, 6.45) is 0. The maximum absolute atomic E-state index is 13.4. The Morgan fingerprint density at radius 3 is 2.76 bits per heavy atom. The standard InChI is InChI=1S/C10H8BrF2N3O/c1-5-15-10(16-17-5)4-14-9-2-6(11)7(12)3-8(9)13/h2-3,14H,4H2,1H3. The van der Waals surface area contributed by atoms with Crippen LogP contribution in [-0.4, -0.2) is 10.1 Å². The highest BCUT2D eigenvalue weighted by Crippen LogP contribution is 2.23. The predicted octanol–water partition coefficient (Wildman–Crippen LogP) is 3.03. The number of nitrogens with zero attached hydrogens (tertiary/aromatic N) is 2. The first kappa shape index (κ1) is 12.0. The molecule has 0 unspecified atom stereocenters. The van der Waals surface area contributed by atoms with Crippen molar-refractivity contribution in [2.45, 2.75) is 13.5 Å². The molecule has 0 amide bonds. The van der Waals surface area contributed by atoms with Crippen molar-refractivity contribution >= 4 is 21.6 Å². The van der Waals surface area contributed by atoms with E-state index in [1.807, 2.05) is 0 Å². The summed E-state index contributed by atoms with van der Waals surface area (Å²) in [6, 6.07) is 2.12. The third-order valence-electron chi connectivity index (χ3n) is 2.02. The maximum Gasteiger partial charge on any atom is 0.223 e. The van der Waals surface area contributed by atoms with Crippen molar-refractivity contribution in [3.8, 4) is 0 Å². The molecule has 1 aromatic heterocycles. The van der Waals surface area contributed by atoms with Gasteiger partial charge in [0.05, 0.1) is 16.7 Å². The van der Waals surface area contributed by atoms with E-state index in [0.717, 1.165) is 6.07 Å². The van der Waals surface area contributed by atoms with Crippen LogP contribution in [0.3, 0.4) is 0 Å². The fourth-order valence-corrected chi connectivity index (χ4v) is 1.59. The van der Waals surface area contributed by atoms with Gasteiger partial charge in [-0.2, -0.15) is 4.98 Å². The zero-order valence-corrected chi connectivity index (χ0v) is 10.4. The van der Waals surface area contributed by atoms with Gasteiger partial charge in [0, 0.05) is 13.0 Å². The molecule has 2 rings (SSSR count). The summed E-state index contributed by atoms with van der Waals surface area (Å²) in [4.78, 5) is 3.95. The molecule has 0 spiro atoms. The van der Waals surface area contributed by atoms with Gasteiger partial charge in [-0.25, -0.2) is 8.78 Å². The highest BCUT2D eigenvalue weighted by Gasteiger charge is 2.09. The number of hydrogen-bond donors (Lipinski definition) is 1. The minimum Gasteiger partial charge on any atom is -0.375 e. The molecule has 0 aliphatic heterocycles. The summed E-state index contributed by atoms with van der Waals surface area (Å²) >= 11 is 2.98. The lowest BCUT2D eigenvalue weighted by Gasteiger charge is -2.06. The largest absolute Gasteiger partial charge is 0.375 e. The molecule has 0 saturated heterocycles. The van der Waals surface area contributed by atoms with Gasteiger partial charge in [0.1, 0.15) is 11.6 Å². The average molecular weight is 304 g/mol. The first-order chi connectivity index (χ1) is 8.06. The third kappa shape index (κ3) is 2.79. The number of rotatable bonds is 3.